The minimum absolute atomic E-state index is 0.285. The van der Waals surface area contributed by atoms with Crippen LogP contribution in [0.3, 0.4) is 0 Å². The van der Waals surface area contributed by atoms with Gasteiger partial charge in [0.15, 0.2) is 0 Å². The number of nitrogens with one attached hydrogen (secondary N) is 1. The Labute approximate surface area is 100 Å². The highest BCUT2D eigenvalue weighted by molar-refractivity contribution is 7.85. The minimum atomic E-state index is -0.570. The third-order valence-electron chi connectivity index (χ3n) is 3.57. The first-order valence-electron chi connectivity index (χ1n) is 6.04. The molecule has 1 N–H and O–H groups in total. The molecule has 0 aromatic heterocycles. The van der Waals surface area contributed by atoms with Crippen molar-refractivity contribution in [3.05, 3.63) is 0 Å². The smallest absolute Gasteiger partial charge is 0.0547 e. The first-order chi connectivity index (χ1) is 7.74. The van der Waals surface area contributed by atoms with Gasteiger partial charge < -0.3 is 15.0 Å². The second-order valence-electron chi connectivity index (χ2n) is 4.96. The van der Waals surface area contributed by atoms with E-state index in [0.29, 0.717) is 0 Å². The van der Waals surface area contributed by atoms with Gasteiger partial charge in [-0.15, -0.1) is 0 Å². The minimum Gasteiger partial charge on any atom is -0.381 e. The first-order valence-corrected chi connectivity index (χ1v) is 7.53. The molecule has 0 radical (unpaired) electrons. The lowest BCUT2D eigenvalue weighted by Crippen LogP contribution is -2.48. The second-order valence-corrected chi connectivity index (χ2v) is 6.65. The van der Waals surface area contributed by atoms with Gasteiger partial charge >= 0.3 is 0 Å². The lowest BCUT2D eigenvalue weighted by Gasteiger charge is -2.35. The molecule has 0 aromatic carbocycles. The van der Waals surface area contributed by atoms with Crippen LogP contribution in [0.1, 0.15) is 6.42 Å². The average Bonchev–Trinajstić information content (AvgIpc) is 2.71. The molecule has 2 rings (SSSR count). The maximum atomic E-state index is 11.3. The monoisotopic (exact) mass is 246 g/mol. The van der Waals surface area contributed by atoms with Crippen LogP contribution in [0.2, 0.25) is 0 Å². The molecule has 2 aliphatic rings. The molecule has 2 heterocycles. The molecule has 5 heteroatoms. The highest BCUT2D eigenvalue weighted by atomic mass is 32.2. The van der Waals surface area contributed by atoms with Gasteiger partial charge in [0.1, 0.15) is 0 Å². The van der Waals surface area contributed by atoms with Crippen LogP contribution in [-0.4, -0.2) is 67.1 Å². The van der Waals surface area contributed by atoms with Gasteiger partial charge in [-0.3, -0.25) is 4.21 Å². The van der Waals surface area contributed by atoms with Gasteiger partial charge in [0.2, 0.25) is 0 Å². The molecule has 2 aliphatic heterocycles. The zero-order chi connectivity index (χ0) is 11.4. The highest BCUT2D eigenvalue weighted by Gasteiger charge is 2.36. The van der Waals surface area contributed by atoms with Gasteiger partial charge in [-0.25, -0.2) is 0 Å². The van der Waals surface area contributed by atoms with Crippen molar-refractivity contribution in [1.29, 1.82) is 0 Å². The number of hydrogen-bond acceptors (Lipinski definition) is 4. The zero-order valence-electron chi connectivity index (χ0n) is 10.0. The summed E-state index contributed by atoms with van der Waals surface area (Å²) in [5.41, 5.74) is 0.285. The summed E-state index contributed by atoms with van der Waals surface area (Å²) in [6.07, 6.45) is 1.15. The molecule has 4 nitrogen and oxygen atoms in total. The molecular weight excluding hydrogens is 224 g/mol. The summed E-state index contributed by atoms with van der Waals surface area (Å²) in [5, 5.41) is 3.28. The van der Waals surface area contributed by atoms with Crippen LogP contribution in [0.25, 0.3) is 0 Å². The predicted octanol–water partition coefficient (Wildman–Crippen LogP) is -0.323. The van der Waals surface area contributed by atoms with Crippen LogP contribution in [0.4, 0.5) is 0 Å². The normalized spacial score (nSPS) is 33.3. The fourth-order valence-electron chi connectivity index (χ4n) is 2.65. The molecule has 94 valence electrons. The van der Waals surface area contributed by atoms with E-state index in [2.05, 4.69) is 10.2 Å². The topological polar surface area (TPSA) is 41.6 Å². The van der Waals surface area contributed by atoms with Gasteiger partial charge in [-0.2, -0.15) is 0 Å². The second kappa shape index (κ2) is 5.58. The molecule has 1 atom stereocenters. The van der Waals surface area contributed by atoms with E-state index in [1.807, 2.05) is 7.05 Å². The fraction of sp³-hybridized carbons (Fsp3) is 1.00. The summed E-state index contributed by atoms with van der Waals surface area (Å²) >= 11 is 0. The van der Waals surface area contributed by atoms with E-state index in [4.69, 9.17) is 4.74 Å². The van der Waals surface area contributed by atoms with Crippen molar-refractivity contribution < 1.29 is 8.95 Å². The Morgan fingerprint density at radius 2 is 2.19 bits per heavy atom. The summed E-state index contributed by atoms with van der Waals surface area (Å²) in [6.45, 7) is 5.84. The Hall–Kier alpha value is 0.0300. The molecule has 2 fully saturated rings. The lowest BCUT2D eigenvalue weighted by atomic mass is 9.86. The Morgan fingerprint density at radius 1 is 1.44 bits per heavy atom. The maximum absolute atomic E-state index is 11.3. The molecule has 0 spiro atoms. The average molecular weight is 246 g/mol. The lowest BCUT2D eigenvalue weighted by molar-refractivity contribution is 0.114. The summed E-state index contributed by atoms with van der Waals surface area (Å²) in [6, 6.07) is 0. The van der Waals surface area contributed by atoms with E-state index in [1.54, 1.807) is 0 Å². The van der Waals surface area contributed by atoms with Crippen molar-refractivity contribution in [1.82, 2.24) is 10.2 Å². The van der Waals surface area contributed by atoms with Crippen molar-refractivity contribution >= 4 is 10.8 Å². The summed E-state index contributed by atoms with van der Waals surface area (Å²) in [7, 11) is 1.44. The standard InChI is InChI=1S/C11H22N2O2S/c1-12-8-11(2-5-15-10-11)9-13-3-6-16(14)7-4-13/h12H,2-10H2,1H3. The Balaban J connectivity index is 1.88. The fourth-order valence-corrected chi connectivity index (χ4v) is 3.78. The van der Waals surface area contributed by atoms with Crippen molar-refractivity contribution in [2.24, 2.45) is 5.41 Å². The molecule has 1 unspecified atom stereocenters. The van der Waals surface area contributed by atoms with Crippen molar-refractivity contribution in [2.45, 2.75) is 6.42 Å². The van der Waals surface area contributed by atoms with E-state index < -0.39 is 10.8 Å². The maximum Gasteiger partial charge on any atom is 0.0547 e. The van der Waals surface area contributed by atoms with Crippen LogP contribution < -0.4 is 5.32 Å². The summed E-state index contributed by atoms with van der Waals surface area (Å²) < 4.78 is 16.8. The van der Waals surface area contributed by atoms with Gasteiger partial charge in [0.25, 0.3) is 0 Å². The van der Waals surface area contributed by atoms with Gasteiger partial charge in [0.05, 0.1) is 6.61 Å². The molecule has 0 bridgehead atoms. The van der Waals surface area contributed by atoms with Crippen LogP contribution in [0.5, 0.6) is 0 Å². The van der Waals surface area contributed by atoms with Gasteiger partial charge in [-0.05, 0) is 13.5 Å². The van der Waals surface area contributed by atoms with Crippen LogP contribution in [0.15, 0.2) is 0 Å². The number of nitrogens with zero attached hydrogens (tertiary/aromatic N) is 1. The van der Waals surface area contributed by atoms with Gasteiger partial charge in [0, 0.05) is 60.5 Å². The third-order valence-corrected chi connectivity index (χ3v) is 4.84. The summed E-state index contributed by atoms with van der Waals surface area (Å²) in [5.74, 6) is 1.69. The summed E-state index contributed by atoms with van der Waals surface area (Å²) in [4.78, 5) is 2.45. The number of rotatable bonds is 4. The zero-order valence-corrected chi connectivity index (χ0v) is 10.9. The van der Waals surface area contributed by atoms with E-state index in [9.17, 15) is 4.21 Å². The van der Waals surface area contributed by atoms with E-state index in [-0.39, 0.29) is 5.41 Å². The van der Waals surface area contributed by atoms with E-state index in [1.165, 1.54) is 0 Å². The van der Waals surface area contributed by atoms with Crippen LogP contribution in [-0.2, 0) is 15.5 Å². The number of ether oxygens (including phenoxy) is 1. The van der Waals surface area contributed by atoms with Crippen molar-refractivity contribution in [3.63, 3.8) is 0 Å². The Morgan fingerprint density at radius 3 is 2.75 bits per heavy atom. The molecular formula is C11H22N2O2S. The molecule has 0 saturated carbocycles. The molecule has 2 saturated heterocycles. The van der Waals surface area contributed by atoms with Crippen molar-refractivity contribution in [2.75, 3.05) is 57.9 Å². The molecule has 16 heavy (non-hydrogen) atoms. The predicted molar refractivity (Wildman–Crippen MR) is 66.1 cm³/mol. The molecule has 0 aliphatic carbocycles. The van der Waals surface area contributed by atoms with Gasteiger partial charge in [-0.1, -0.05) is 0 Å². The Kier molecular flexibility index (Phi) is 4.35. The van der Waals surface area contributed by atoms with E-state index >= 15 is 0 Å². The van der Waals surface area contributed by atoms with Crippen LogP contribution in [0, 0.1) is 5.41 Å². The number of hydrogen-bond donors (Lipinski definition) is 1. The third kappa shape index (κ3) is 3.03. The quantitative estimate of drug-likeness (QED) is 0.738. The first kappa shape index (κ1) is 12.5. The van der Waals surface area contributed by atoms with Crippen LogP contribution >= 0.6 is 0 Å². The van der Waals surface area contributed by atoms with Crippen molar-refractivity contribution in [3.8, 4) is 0 Å². The SMILES string of the molecule is CNCC1(CN2CCS(=O)CC2)CCOC1. The molecule has 0 aromatic rings. The Bertz CT molecular complexity index is 244. The molecule has 0 amide bonds. The van der Waals surface area contributed by atoms with E-state index in [0.717, 1.165) is 57.3 Å². The highest BCUT2D eigenvalue weighted by Crippen LogP contribution is 2.29. The largest absolute Gasteiger partial charge is 0.381 e.